The molecular formula is C19H22N4O2. The van der Waals surface area contributed by atoms with Gasteiger partial charge in [0.2, 0.25) is 0 Å². The van der Waals surface area contributed by atoms with E-state index in [-0.39, 0.29) is 6.04 Å². The van der Waals surface area contributed by atoms with E-state index in [2.05, 4.69) is 20.6 Å². The number of para-hydroxylation sites is 1. The summed E-state index contributed by atoms with van der Waals surface area (Å²) in [7, 11) is 1.74. The van der Waals surface area contributed by atoms with Crippen LogP contribution in [0.25, 0.3) is 11.0 Å². The highest BCUT2D eigenvalue weighted by Gasteiger charge is 2.12. The molecule has 3 rings (SSSR count). The van der Waals surface area contributed by atoms with Crippen LogP contribution < -0.4 is 15.4 Å². The zero-order valence-corrected chi connectivity index (χ0v) is 14.4. The Bertz CT molecular complexity index is 797. The highest BCUT2D eigenvalue weighted by atomic mass is 16.5. The van der Waals surface area contributed by atoms with Gasteiger partial charge in [-0.25, -0.2) is 0 Å². The van der Waals surface area contributed by atoms with Gasteiger partial charge < -0.3 is 19.8 Å². The molecule has 3 aromatic rings. The van der Waals surface area contributed by atoms with Crippen LogP contribution in [0.4, 0.5) is 0 Å². The Morgan fingerprint density at radius 3 is 2.92 bits per heavy atom. The lowest BCUT2D eigenvalue weighted by atomic mass is 10.2. The average molecular weight is 338 g/mol. The van der Waals surface area contributed by atoms with Gasteiger partial charge in [0.05, 0.1) is 18.8 Å². The molecule has 6 heteroatoms. The predicted molar refractivity (Wildman–Crippen MR) is 98.9 cm³/mol. The van der Waals surface area contributed by atoms with Gasteiger partial charge in [0, 0.05) is 18.6 Å². The lowest BCUT2D eigenvalue weighted by Gasteiger charge is -2.16. The minimum absolute atomic E-state index is 0.00200. The Balaban J connectivity index is 1.49. The van der Waals surface area contributed by atoms with Crippen LogP contribution in [0.1, 0.15) is 18.7 Å². The SMILES string of the molecule is CN=C(NCCOc1cccnc1)NC(C)c1cc2ccccc2o1. The zero-order valence-electron chi connectivity index (χ0n) is 14.4. The van der Waals surface area contributed by atoms with Crippen molar-refractivity contribution < 1.29 is 9.15 Å². The molecule has 0 radical (unpaired) electrons. The summed E-state index contributed by atoms with van der Waals surface area (Å²) < 4.78 is 11.5. The average Bonchev–Trinajstić information content (AvgIpc) is 3.09. The van der Waals surface area contributed by atoms with E-state index in [0.717, 1.165) is 22.5 Å². The Kier molecular flexibility index (Phi) is 5.51. The van der Waals surface area contributed by atoms with E-state index < -0.39 is 0 Å². The normalized spacial score (nSPS) is 12.8. The number of hydrogen-bond donors (Lipinski definition) is 2. The van der Waals surface area contributed by atoms with Crippen molar-refractivity contribution in [2.45, 2.75) is 13.0 Å². The van der Waals surface area contributed by atoms with Crippen molar-refractivity contribution in [1.29, 1.82) is 0 Å². The minimum Gasteiger partial charge on any atom is -0.490 e. The van der Waals surface area contributed by atoms with E-state index in [0.29, 0.717) is 19.1 Å². The highest BCUT2D eigenvalue weighted by molar-refractivity contribution is 5.81. The Morgan fingerprint density at radius 2 is 2.16 bits per heavy atom. The second-order valence-electron chi connectivity index (χ2n) is 5.59. The van der Waals surface area contributed by atoms with Crippen molar-refractivity contribution in [2.75, 3.05) is 20.2 Å². The number of rotatable bonds is 6. The maximum atomic E-state index is 5.88. The summed E-state index contributed by atoms with van der Waals surface area (Å²) in [4.78, 5) is 8.25. The van der Waals surface area contributed by atoms with Crippen LogP contribution in [0.2, 0.25) is 0 Å². The summed E-state index contributed by atoms with van der Waals surface area (Å²) in [6.45, 7) is 3.18. The van der Waals surface area contributed by atoms with Crippen molar-refractivity contribution in [1.82, 2.24) is 15.6 Å². The molecule has 0 aliphatic carbocycles. The number of hydrogen-bond acceptors (Lipinski definition) is 4. The number of fused-ring (bicyclic) bond motifs is 1. The van der Waals surface area contributed by atoms with Gasteiger partial charge in [0.25, 0.3) is 0 Å². The maximum Gasteiger partial charge on any atom is 0.191 e. The molecular weight excluding hydrogens is 316 g/mol. The number of benzene rings is 1. The molecule has 0 aliphatic rings. The molecule has 0 saturated carbocycles. The molecule has 0 bridgehead atoms. The third-order valence-electron chi connectivity index (χ3n) is 3.75. The number of aliphatic imine (C=N–C) groups is 1. The van der Waals surface area contributed by atoms with Gasteiger partial charge in [-0.2, -0.15) is 0 Å². The van der Waals surface area contributed by atoms with Crippen molar-refractivity contribution in [3.63, 3.8) is 0 Å². The number of guanidine groups is 1. The van der Waals surface area contributed by atoms with Crippen LogP contribution in [-0.4, -0.2) is 31.1 Å². The van der Waals surface area contributed by atoms with Crippen molar-refractivity contribution in [2.24, 2.45) is 4.99 Å². The summed E-state index contributed by atoms with van der Waals surface area (Å²) in [6, 6.07) is 13.7. The van der Waals surface area contributed by atoms with Crippen molar-refractivity contribution in [3.8, 4) is 5.75 Å². The molecule has 25 heavy (non-hydrogen) atoms. The number of furan rings is 1. The van der Waals surface area contributed by atoms with Gasteiger partial charge in [-0.15, -0.1) is 0 Å². The summed E-state index contributed by atoms with van der Waals surface area (Å²) in [6.07, 6.45) is 3.41. The van der Waals surface area contributed by atoms with E-state index in [1.807, 2.05) is 49.4 Å². The minimum atomic E-state index is -0.00200. The van der Waals surface area contributed by atoms with Crippen LogP contribution in [0, 0.1) is 0 Å². The molecule has 2 heterocycles. The van der Waals surface area contributed by atoms with Crippen LogP contribution in [0.15, 0.2) is 64.3 Å². The van der Waals surface area contributed by atoms with Crippen LogP contribution in [0.5, 0.6) is 5.75 Å². The predicted octanol–water partition coefficient (Wildman–Crippen LogP) is 3.13. The highest BCUT2D eigenvalue weighted by Crippen LogP contribution is 2.23. The van der Waals surface area contributed by atoms with Gasteiger partial charge in [-0.05, 0) is 31.2 Å². The quantitative estimate of drug-likeness (QED) is 0.410. The first-order valence-corrected chi connectivity index (χ1v) is 8.25. The second kappa shape index (κ2) is 8.19. The van der Waals surface area contributed by atoms with E-state index in [9.17, 15) is 0 Å². The molecule has 1 aromatic carbocycles. The Morgan fingerprint density at radius 1 is 1.28 bits per heavy atom. The lowest BCUT2D eigenvalue weighted by Crippen LogP contribution is -2.40. The monoisotopic (exact) mass is 338 g/mol. The molecule has 0 saturated heterocycles. The largest absolute Gasteiger partial charge is 0.490 e. The first-order chi connectivity index (χ1) is 12.3. The third kappa shape index (κ3) is 4.50. The standard InChI is InChI=1S/C19H22N4O2/c1-14(18-12-15-6-3-4-8-17(15)25-18)23-19(20-2)22-10-11-24-16-7-5-9-21-13-16/h3-9,12-14H,10-11H2,1-2H3,(H2,20,22,23). The summed E-state index contributed by atoms with van der Waals surface area (Å²) in [5, 5.41) is 7.64. The Labute approximate surface area is 146 Å². The van der Waals surface area contributed by atoms with Crippen molar-refractivity contribution >= 4 is 16.9 Å². The number of nitrogens with zero attached hydrogens (tertiary/aromatic N) is 2. The van der Waals surface area contributed by atoms with Crippen LogP contribution in [-0.2, 0) is 0 Å². The second-order valence-corrected chi connectivity index (χ2v) is 5.59. The topological polar surface area (TPSA) is 71.7 Å². The van der Waals surface area contributed by atoms with Crippen LogP contribution in [0.3, 0.4) is 0 Å². The number of ether oxygens (including phenoxy) is 1. The molecule has 0 fully saturated rings. The summed E-state index contributed by atoms with van der Waals surface area (Å²) in [5.41, 5.74) is 0.888. The van der Waals surface area contributed by atoms with E-state index in [1.54, 1.807) is 19.4 Å². The molecule has 1 unspecified atom stereocenters. The van der Waals surface area contributed by atoms with Gasteiger partial charge in [-0.1, -0.05) is 18.2 Å². The Hall–Kier alpha value is -3.02. The third-order valence-corrected chi connectivity index (χ3v) is 3.75. The van der Waals surface area contributed by atoms with Crippen molar-refractivity contribution in [3.05, 3.63) is 60.6 Å². The summed E-state index contributed by atoms with van der Waals surface area (Å²) in [5.74, 6) is 2.32. The first kappa shape index (κ1) is 16.8. The van der Waals surface area contributed by atoms with E-state index >= 15 is 0 Å². The summed E-state index contributed by atoms with van der Waals surface area (Å²) >= 11 is 0. The molecule has 0 aliphatic heterocycles. The van der Waals surface area contributed by atoms with Gasteiger partial charge in [0.1, 0.15) is 23.7 Å². The fourth-order valence-electron chi connectivity index (χ4n) is 2.46. The van der Waals surface area contributed by atoms with E-state index in [1.165, 1.54) is 0 Å². The molecule has 130 valence electrons. The molecule has 2 aromatic heterocycles. The lowest BCUT2D eigenvalue weighted by molar-refractivity contribution is 0.320. The van der Waals surface area contributed by atoms with Crippen LogP contribution >= 0.6 is 0 Å². The number of aromatic nitrogens is 1. The van der Waals surface area contributed by atoms with Gasteiger partial charge >= 0.3 is 0 Å². The maximum absolute atomic E-state index is 5.88. The molecule has 2 N–H and O–H groups in total. The van der Waals surface area contributed by atoms with E-state index in [4.69, 9.17) is 9.15 Å². The fraction of sp³-hybridized carbons (Fsp3) is 0.263. The van der Waals surface area contributed by atoms with Gasteiger partial charge in [-0.3, -0.25) is 9.98 Å². The molecule has 6 nitrogen and oxygen atoms in total. The first-order valence-electron chi connectivity index (χ1n) is 8.25. The number of pyridine rings is 1. The van der Waals surface area contributed by atoms with Gasteiger partial charge in [0.15, 0.2) is 5.96 Å². The molecule has 0 amide bonds. The zero-order chi connectivity index (χ0) is 17.5. The molecule has 0 spiro atoms. The molecule has 1 atom stereocenters. The number of nitrogens with one attached hydrogen (secondary N) is 2. The fourth-order valence-corrected chi connectivity index (χ4v) is 2.46. The smallest absolute Gasteiger partial charge is 0.191 e.